The van der Waals surface area contributed by atoms with Crippen LogP contribution in [0.25, 0.3) is 21.5 Å². The lowest BCUT2D eigenvalue weighted by atomic mass is 9.87. The van der Waals surface area contributed by atoms with Gasteiger partial charge in [-0.25, -0.2) is 0 Å². The van der Waals surface area contributed by atoms with Crippen molar-refractivity contribution in [3.8, 4) is 0 Å². The van der Waals surface area contributed by atoms with Gasteiger partial charge in [0, 0.05) is 5.92 Å². The predicted molar refractivity (Wildman–Crippen MR) is 221 cm³/mol. The molecular weight excluding hydrogens is 700 g/mol. The first-order valence-electron chi connectivity index (χ1n) is 19.4. The van der Waals surface area contributed by atoms with Gasteiger partial charge in [0.2, 0.25) is 17.7 Å². The van der Waals surface area contributed by atoms with E-state index in [9.17, 15) is 24.6 Å². The Morgan fingerprint density at radius 3 is 1.80 bits per heavy atom. The van der Waals surface area contributed by atoms with E-state index in [0.29, 0.717) is 45.1 Å². The van der Waals surface area contributed by atoms with Gasteiger partial charge in [-0.3, -0.25) is 14.4 Å². The quantitative estimate of drug-likeness (QED) is 0.0554. The third-order valence-electron chi connectivity index (χ3n) is 10.4. The summed E-state index contributed by atoms with van der Waals surface area (Å²) in [5, 5.41) is 34.4. The van der Waals surface area contributed by atoms with E-state index in [0.717, 1.165) is 39.1 Å². The van der Waals surface area contributed by atoms with Crippen molar-refractivity contribution in [2.24, 2.45) is 23.5 Å². The number of hydrogen-bond donors (Lipinski definition) is 6. The minimum Gasteiger partial charge on any atom is -0.394 e. The molecule has 4 rings (SSSR count). The molecule has 0 saturated carbocycles. The zero-order valence-electron chi connectivity index (χ0n) is 32.3. The fraction of sp³-hybridized carbons (Fsp3) is 0.477. The zero-order chi connectivity index (χ0) is 38.3. The molecule has 7 N–H and O–H groups in total. The van der Waals surface area contributed by atoms with Crippen LogP contribution in [0.1, 0.15) is 77.3 Å². The molecule has 10 heteroatoms. The van der Waals surface area contributed by atoms with Crippen molar-refractivity contribution in [1.29, 1.82) is 0 Å². The Morgan fingerprint density at radius 1 is 0.722 bits per heavy atom. The number of unbranched alkanes of at least 4 members (excludes halogenated alkanes) is 1. The minimum absolute atomic E-state index is 0. The topological polar surface area (TPSA) is 154 Å². The highest BCUT2D eigenvalue weighted by Gasteiger charge is 2.31. The van der Waals surface area contributed by atoms with Crippen LogP contribution < -0.4 is 21.7 Å². The van der Waals surface area contributed by atoms with Crippen LogP contribution >= 0.6 is 12.4 Å². The first-order chi connectivity index (χ1) is 25.5. The average molecular weight is 761 g/mol. The highest BCUT2D eigenvalue weighted by molar-refractivity contribution is 5.91. The molecule has 0 saturated heterocycles. The summed E-state index contributed by atoms with van der Waals surface area (Å²) >= 11 is 0. The SMILES string of the molecule is CC[C@H](C)[C@@H](CO)NC(=O)C[C@H](O)[C@H](CC(C)C)NC(=O)[C@H](CCCCN)NC(=O)C(Cc1cccc2ccccc12)Cc1cccc2ccccc12.Cl. The normalized spacial score (nSPS) is 14.2. The van der Waals surface area contributed by atoms with Crippen LogP contribution in [-0.4, -0.2) is 65.3 Å². The second-order valence-corrected chi connectivity index (χ2v) is 15.0. The third kappa shape index (κ3) is 12.8. The molecule has 54 heavy (non-hydrogen) atoms. The van der Waals surface area contributed by atoms with Crippen molar-refractivity contribution in [2.45, 2.75) is 103 Å². The summed E-state index contributed by atoms with van der Waals surface area (Å²) in [6.45, 7) is 8.18. The molecule has 9 nitrogen and oxygen atoms in total. The number of benzene rings is 4. The summed E-state index contributed by atoms with van der Waals surface area (Å²) in [5.41, 5.74) is 7.94. The fourth-order valence-electron chi connectivity index (χ4n) is 7.13. The van der Waals surface area contributed by atoms with Gasteiger partial charge in [-0.1, -0.05) is 119 Å². The number of carbonyl (C=O) groups excluding carboxylic acids is 3. The molecule has 4 aromatic carbocycles. The van der Waals surface area contributed by atoms with Crippen molar-refractivity contribution in [1.82, 2.24) is 16.0 Å². The number of carbonyl (C=O) groups is 3. The number of aliphatic hydroxyl groups is 2. The standard InChI is InChI=1S/C44H60N4O5.ClH/c1-5-30(4)40(28-49)46-42(51)27-41(50)39(24-29(2)3)48-44(53)38(22-10-11-23-45)47-43(52)35(25-33-18-12-16-31-14-6-8-20-36(31)33)26-34-19-13-17-32-15-7-9-21-37(32)34;/h6-9,12-21,29-30,35,38-41,49-50H,5,10-11,22-28,45H2,1-4H3,(H,46,51)(H,47,52)(H,48,53);1H/t30-,38-,39-,40+,41-;/m0./s1. The first kappa shape index (κ1) is 44.4. The number of aliphatic hydroxyl groups excluding tert-OH is 2. The third-order valence-corrected chi connectivity index (χ3v) is 10.4. The first-order valence-corrected chi connectivity index (χ1v) is 19.4. The smallest absolute Gasteiger partial charge is 0.242 e. The summed E-state index contributed by atoms with van der Waals surface area (Å²) < 4.78 is 0. The van der Waals surface area contributed by atoms with Gasteiger partial charge in [0.1, 0.15) is 6.04 Å². The second-order valence-electron chi connectivity index (χ2n) is 15.0. The molecule has 0 aliphatic heterocycles. The van der Waals surface area contributed by atoms with Crippen LogP contribution in [0.4, 0.5) is 0 Å². The Kier molecular flexibility index (Phi) is 18.4. The van der Waals surface area contributed by atoms with Gasteiger partial charge < -0.3 is 31.9 Å². The number of amides is 3. The predicted octanol–water partition coefficient (Wildman–Crippen LogP) is 6.24. The Bertz CT molecular complexity index is 1690. The van der Waals surface area contributed by atoms with Crippen molar-refractivity contribution < 1.29 is 24.6 Å². The van der Waals surface area contributed by atoms with E-state index >= 15 is 0 Å². The molecule has 0 radical (unpaired) electrons. The summed E-state index contributed by atoms with van der Waals surface area (Å²) in [7, 11) is 0. The minimum atomic E-state index is -1.16. The summed E-state index contributed by atoms with van der Waals surface area (Å²) in [4.78, 5) is 41.5. The van der Waals surface area contributed by atoms with Gasteiger partial charge >= 0.3 is 0 Å². The van der Waals surface area contributed by atoms with Crippen LogP contribution in [-0.2, 0) is 27.2 Å². The van der Waals surface area contributed by atoms with Gasteiger partial charge in [0.15, 0.2) is 0 Å². The van der Waals surface area contributed by atoms with Crippen LogP contribution in [0.2, 0.25) is 0 Å². The van der Waals surface area contributed by atoms with Crippen molar-refractivity contribution in [2.75, 3.05) is 13.2 Å². The highest BCUT2D eigenvalue weighted by Crippen LogP contribution is 2.27. The fourth-order valence-corrected chi connectivity index (χ4v) is 7.13. The molecule has 3 amide bonds. The molecule has 0 heterocycles. The maximum Gasteiger partial charge on any atom is 0.242 e. The number of hydrogen-bond acceptors (Lipinski definition) is 6. The lowest BCUT2D eigenvalue weighted by Gasteiger charge is -2.29. The summed E-state index contributed by atoms with van der Waals surface area (Å²) in [5.74, 6) is -1.32. The van der Waals surface area contributed by atoms with Gasteiger partial charge in [-0.2, -0.15) is 0 Å². The van der Waals surface area contributed by atoms with E-state index in [1.54, 1.807) is 0 Å². The Hall–Kier alpha value is -4.02. The maximum atomic E-state index is 14.5. The largest absolute Gasteiger partial charge is 0.394 e. The van der Waals surface area contributed by atoms with E-state index in [2.05, 4.69) is 64.5 Å². The number of nitrogens with two attached hydrogens (primary N) is 1. The van der Waals surface area contributed by atoms with Gasteiger partial charge in [0.05, 0.1) is 31.2 Å². The van der Waals surface area contributed by atoms with Crippen LogP contribution in [0, 0.1) is 17.8 Å². The number of fused-ring (bicyclic) bond motifs is 2. The molecule has 294 valence electrons. The van der Waals surface area contributed by atoms with Crippen molar-refractivity contribution >= 4 is 51.7 Å². The molecule has 0 spiro atoms. The highest BCUT2D eigenvalue weighted by atomic mass is 35.5. The van der Waals surface area contributed by atoms with Crippen molar-refractivity contribution in [3.05, 3.63) is 96.1 Å². The molecule has 5 atom stereocenters. The van der Waals surface area contributed by atoms with Gasteiger partial charge in [0.25, 0.3) is 0 Å². The Morgan fingerprint density at radius 2 is 1.28 bits per heavy atom. The summed E-state index contributed by atoms with van der Waals surface area (Å²) in [6, 6.07) is 26.6. The lowest BCUT2D eigenvalue weighted by Crippen LogP contribution is -2.54. The molecule has 0 aromatic heterocycles. The van der Waals surface area contributed by atoms with Crippen LogP contribution in [0.3, 0.4) is 0 Å². The molecule has 0 aliphatic carbocycles. The zero-order valence-corrected chi connectivity index (χ0v) is 33.1. The van der Waals surface area contributed by atoms with E-state index < -0.39 is 42.0 Å². The molecule has 4 aromatic rings. The Balaban J connectivity index is 0.00000784. The molecule has 0 fully saturated rings. The van der Waals surface area contributed by atoms with E-state index in [-0.39, 0.29) is 43.2 Å². The summed E-state index contributed by atoms with van der Waals surface area (Å²) in [6.07, 6.45) is 2.47. The number of rotatable bonds is 21. The lowest BCUT2D eigenvalue weighted by molar-refractivity contribution is -0.132. The number of halogens is 1. The molecule has 0 aliphatic rings. The van der Waals surface area contributed by atoms with E-state index in [1.807, 2.05) is 64.1 Å². The monoisotopic (exact) mass is 760 g/mol. The van der Waals surface area contributed by atoms with Crippen LogP contribution in [0.15, 0.2) is 84.9 Å². The van der Waals surface area contributed by atoms with Crippen LogP contribution in [0.5, 0.6) is 0 Å². The van der Waals surface area contributed by atoms with Gasteiger partial charge in [-0.15, -0.1) is 12.4 Å². The molecule has 0 bridgehead atoms. The van der Waals surface area contributed by atoms with E-state index in [1.165, 1.54) is 0 Å². The van der Waals surface area contributed by atoms with Gasteiger partial charge in [-0.05, 0) is 89.6 Å². The second kappa shape index (κ2) is 22.4. The van der Waals surface area contributed by atoms with Crippen molar-refractivity contribution in [3.63, 3.8) is 0 Å². The molecular formula is C44H61ClN4O5. The number of nitrogens with one attached hydrogen (secondary N) is 3. The average Bonchev–Trinajstić information content (AvgIpc) is 3.15. The maximum absolute atomic E-state index is 14.5. The van der Waals surface area contributed by atoms with E-state index in [4.69, 9.17) is 5.73 Å². The molecule has 0 unspecified atom stereocenters. The Labute approximate surface area is 327 Å².